The van der Waals surface area contributed by atoms with Crippen LogP contribution >= 0.6 is 11.3 Å². The maximum atomic E-state index is 12.5. The highest BCUT2D eigenvalue weighted by atomic mass is 32.1. The molecule has 5 heteroatoms. The van der Waals surface area contributed by atoms with Gasteiger partial charge in [0, 0.05) is 12.6 Å². The van der Waals surface area contributed by atoms with E-state index < -0.39 is 0 Å². The number of hydrogen-bond acceptors (Lipinski definition) is 4. The Bertz CT molecular complexity index is 405. The lowest BCUT2D eigenvalue weighted by Crippen LogP contribution is -2.44. The highest BCUT2D eigenvalue weighted by Gasteiger charge is 2.27. The van der Waals surface area contributed by atoms with E-state index in [1.807, 2.05) is 18.9 Å². The summed E-state index contributed by atoms with van der Waals surface area (Å²) in [5, 5.41) is 4.13. The summed E-state index contributed by atoms with van der Waals surface area (Å²) in [5.41, 5.74) is 0. The Morgan fingerprint density at radius 1 is 1.61 bits per heavy atom. The summed E-state index contributed by atoms with van der Waals surface area (Å²) < 4.78 is 0. The van der Waals surface area contributed by atoms with Gasteiger partial charge in [-0.1, -0.05) is 0 Å². The third-order valence-corrected chi connectivity index (χ3v) is 4.35. The lowest BCUT2D eigenvalue weighted by atomic mass is 9.99. The van der Waals surface area contributed by atoms with Gasteiger partial charge in [-0.25, -0.2) is 4.98 Å². The SMILES string of the molecule is CNCCC1CCCCN1C(=O)c1cnc(C)s1. The summed E-state index contributed by atoms with van der Waals surface area (Å²) in [7, 11) is 1.96. The van der Waals surface area contributed by atoms with Crippen LogP contribution in [-0.2, 0) is 0 Å². The summed E-state index contributed by atoms with van der Waals surface area (Å²) >= 11 is 1.50. The van der Waals surface area contributed by atoms with Gasteiger partial charge in [-0.2, -0.15) is 0 Å². The quantitative estimate of drug-likeness (QED) is 0.908. The zero-order chi connectivity index (χ0) is 13.0. The van der Waals surface area contributed by atoms with Crippen LogP contribution in [0.15, 0.2) is 6.20 Å². The van der Waals surface area contributed by atoms with Gasteiger partial charge in [0.25, 0.3) is 5.91 Å². The summed E-state index contributed by atoms with van der Waals surface area (Å²) in [6.45, 7) is 3.80. The summed E-state index contributed by atoms with van der Waals surface area (Å²) in [6.07, 6.45) is 6.25. The van der Waals surface area contributed by atoms with E-state index in [0.29, 0.717) is 6.04 Å². The molecule has 4 nitrogen and oxygen atoms in total. The molecular weight excluding hydrogens is 246 g/mol. The molecule has 0 radical (unpaired) electrons. The summed E-state index contributed by atoms with van der Waals surface area (Å²) in [5.74, 6) is 0.168. The first-order chi connectivity index (χ1) is 8.72. The smallest absolute Gasteiger partial charge is 0.265 e. The molecule has 0 spiro atoms. The van der Waals surface area contributed by atoms with Crippen LogP contribution < -0.4 is 5.32 Å². The van der Waals surface area contributed by atoms with E-state index in [-0.39, 0.29) is 5.91 Å². The first kappa shape index (κ1) is 13.5. The predicted octanol–water partition coefficient (Wildman–Crippen LogP) is 2.06. The lowest BCUT2D eigenvalue weighted by molar-refractivity contribution is 0.0607. The first-order valence-electron chi connectivity index (χ1n) is 6.60. The van der Waals surface area contributed by atoms with Crippen LogP contribution in [0.5, 0.6) is 0 Å². The molecule has 2 heterocycles. The Balaban J connectivity index is 2.06. The largest absolute Gasteiger partial charge is 0.335 e. The number of nitrogens with zero attached hydrogens (tertiary/aromatic N) is 2. The molecule has 2 rings (SSSR count). The molecule has 0 saturated carbocycles. The summed E-state index contributed by atoms with van der Waals surface area (Å²) in [4.78, 5) is 19.5. The number of piperidine rings is 1. The van der Waals surface area contributed by atoms with Crippen molar-refractivity contribution in [3.8, 4) is 0 Å². The standard InChI is InChI=1S/C13H21N3OS/c1-10-15-9-12(18-10)13(17)16-8-4-3-5-11(16)6-7-14-2/h9,11,14H,3-8H2,1-2H3. The Hall–Kier alpha value is -0.940. The average Bonchev–Trinajstić information content (AvgIpc) is 2.82. The zero-order valence-corrected chi connectivity index (χ0v) is 11.9. The van der Waals surface area contributed by atoms with Gasteiger partial charge in [0.1, 0.15) is 4.88 Å². The van der Waals surface area contributed by atoms with Crippen LogP contribution in [0.1, 0.15) is 40.4 Å². The minimum Gasteiger partial charge on any atom is -0.335 e. The van der Waals surface area contributed by atoms with Crippen molar-refractivity contribution in [2.75, 3.05) is 20.1 Å². The number of aromatic nitrogens is 1. The van der Waals surface area contributed by atoms with Gasteiger partial charge in [0.05, 0.1) is 11.2 Å². The minimum atomic E-state index is 0.168. The third-order valence-electron chi connectivity index (χ3n) is 3.45. The van der Waals surface area contributed by atoms with Gasteiger partial charge in [-0.15, -0.1) is 11.3 Å². The second kappa shape index (κ2) is 6.29. The van der Waals surface area contributed by atoms with Gasteiger partial charge < -0.3 is 10.2 Å². The topological polar surface area (TPSA) is 45.2 Å². The molecule has 1 unspecified atom stereocenters. The number of amides is 1. The number of carbonyl (C=O) groups excluding carboxylic acids is 1. The van der Waals surface area contributed by atoms with Gasteiger partial charge in [-0.05, 0) is 46.2 Å². The van der Waals surface area contributed by atoms with Gasteiger partial charge in [0.15, 0.2) is 0 Å². The molecule has 1 aliphatic rings. The van der Waals surface area contributed by atoms with Gasteiger partial charge >= 0.3 is 0 Å². The molecule has 1 N–H and O–H groups in total. The number of likely N-dealkylation sites (tertiary alicyclic amines) is 1. The lowest BCUT2D eigenvalue weighted by Gasteiger charge is -2.35. The third kappa shape index (κ3) is 3.09. The second-order valence-electron chi connectivity index (χ2n) is 4.78. The predicted molar refractivity (Wildman–Crippen MR) is 74.1 cm³/mol. The van der Waals surface area contributed by atoms with Crippen molar-refractivity contribution in [1.29, 1.82) is 0 Å². The van der Waals surface area contributed by atoms with Crippen molar-refractivity contribution in [3.05, 3.63) is 16.1 Å². The molecule has 1 fully saturated rings. The molecule has 100 valence electrons. The molecule has 18 heavy (non-hydrogen) atoms. The Morgan fingerprint density at radius 3 is 3.11 bits per heavy atom. The van der Waals surface area contributed by atoms with E-state index in [0.717, 1.165) is 42.2 Å². The maximum Gasteiger partial charge on any atom is 0.265 e. The van der Waals surface area contributed by atoms with Crippen molar-refractivity contribution < 1.29 is 4.79 Å². The molecule has 0 bridgehead atoms. The number of rotatable bonds is 4. The van der Waals surface area contributed by atoms with Crippen molar-refractivity contribution >= 4 is 17.2 Å². The van der Waals surface area contributed by atoms with E-state index in [1.165, 1.54) is 17.8 Å². The highest BCUT2D eigenvalue weighted by molar-refractivity contribution is 7.13. The van der Waals surface area contributed by atoms with E-state index in [1.54, 1.807) is 6.20 Å². The Morgan fingerprint density at radius 2 is 2.44 bits per heavy atom. The summed E-state index contributed by atoms with van der Waals surface area (Å²) in [6, 6.07) is 0.390. The highest BCUT2D eigenvalue weighted by Crippen LogP contribution is 2.23. The van der Waals surface area contributed by atoms with Crippen LogP contribution in [0.25, 0.3) is 0 Å². The van der Waals surface area contributed by atoms with E-state index in [4.69, 9.17) is 0 Å². The number of hydrogen-bond donors (Lipinski definition) is 1. The van der Waals surface area contributed by atoms with E-state index in [9.17, 15) is 4.79 Å². The molecule has 1 atom stereocenters. The number of nitrogens with one attached hydrogen (secondary N) is 1. The van der Waals surface area contributed by atoms with Crippen LogP contribution in [0.2, 0.25) is 0 Å². The van der Waals surface area contributed by atoms with Crippen LogP contribution in [-0.4, -0.2) is 42.0 Å². The monoisotopic (exact) mass is 267 g/mol. The maximum absolute atomic E-state index is 12.5. The Labute approximate surface area is 112 Å². The molecule has 0 aliphatic carbocycles. The molecular formula is C13H21N3OS. The zero-order valence-electron chi connectivity index (χ0n) is 11.1. The molecule has 1 aliphatic heterocycles. The van der Waals surface area contributed by atoms with E-state index >= 15 is 0 Å². The van der Waals surface area contributed by atoms with Gasteiger partial charge in [0.2, 0.25) is 0 Å². The fraction of sp³-hybridized carbons (Fsp3) is 0.692. The first-order valence-corrected chi connectivity index (χ1v) is 7.42. The van der Waals surface area contributed by atoms with Crippen LogP contribution in [0.3, 0.4) is 0 Å². The van der Waals surface area contributed by atoms with Crippen LogP contribution in [0, 0.1) is 6.92 Å². The van der Waals surface area contributed by atoms with Crippen molar-refractivity contribution in [2.45, 2.75) is 38.6 Å². The average molecular weight is 267 g/mol. The molecule has 1 saturated heterocycles. The Kier molecular flexibility index (Phi) is 4.72. The number of carbonyl (C=O) groups is 1. The molecule has 1 aromatic heterocycles. The molecule has 1 amide bonds. The number of thiazole rings is 1. The second-order valence-corrected chi connectivity index (χ2v) is 6.02. The van der Waals surface area contributed by atoms with Crippen molar-refractivity contribution in [3.63, 3.8) is 0 Å². The fourth-order valence-corrected chi connectivity index (χ4v) is 3.21. The van der Waals surface area contributed by atoms with Crippen LogP contribution in [0.4, 0.5) is 0 Å². The van der Waals surface area contributed by atoms with Gasteiger partial charge in [-0.3, -0.25) is 4.79 Å². The fourth-order valence-electron chi connectivity index (χ4n) is 2.48. The normalized spacial score (nSPS) is 20.1. The molecule has 1 aromatic rings. The number of aryl methyl sites for hydroxylation is 1. The minimum absolute atomic E-state index is 0.168. The molecule has 0 aromatic carbocycles. The van der Waals surface area contributed by atoms with E-state index in [2.05, 4.69) is 10.3 Å². The van der Waals surface area contributed by atoms with Crippen molar-refractivity contribution in [1.82, 2.24) is 15.2 Å². The van der Waals surface area contributed by atoms with Crippen molar-refractivity contribution in [2.24, 2.45) is 0 Å².